The van der Waals surface area contributed by atoms with Gasteiger partial charge in [0.15, 0.2) is 0 Å². The maximum atomic E-state index is 5.96. The zero-order valence-corrected chi connectivity index (χ0v) is 13.9. The molecule has 1 aromatic carbocycles. The Morgan fingerprint density at radius 3 is 2.09 bits per heavy atom. The minimum Gasteiger partial charge on any atom is -0.383 e. The first-order valence-electron chi connectivity index (χ1n) is 7.36. The molecule has 0 atom stereocenters. The van der Waals surface area contributed by atoms with Gasteiger partial charge in [0.05, 0.1) is 5.69 Å². The summed E-state index contributed by atoms with van der Waals surface area (Å²) in [5.74, 6) is 0.623. The molecular formula is C18H24N4. The van der Waals surface area contributed by atoms with Crippen LogP contribution in [0.3, 0.4) is 0 Å². The Kier molecular flexibility index (Phi) is 4.22. The molecule has 4 N–H and O–H groups in total. The lowest BCUT2D eigenvalue weighted by Crippen LogP contribution is -2.14. The van der Waals surface area contributed by atoms with E-state index in [9.17, 15) is 0 Å². The molecular weight excluding hydrogens is 272 g/mol. The van der Waals surface area contributed by atoms with E-state index in [-0.39, 0.29) is 11.4 Å². The molecule has 0 saturated carbocycles. The minimum atomic E-state index is -0.114. The van der Waals surface area contributed by atoms with Gasteiger partial charge in [0.25, 0.3) is 0 Å². The van der Waals surface area contributed by atoms with Crippen molar-refractivity contribution in [2.45, 2.75) is 40.0 Å². The van der Waals surface area contributed by atoms with E-state index >= 15 is 0 Å². The summed E-state index contributed by atoms with van der Waals surface area (Å²) in [6, 6.07) is 6.61. The predicted octanol–water partition coefficient (Wildman–Crippen LogP) is 3.56. The number of rotatable bonds is 3. The number of aryl methyl sites for hydroxylation is 3. The van der Waals surface area contributed by atoms with Crippen LogP contribution in [-0.4, -0.2) is 9.97 Å². The number of nitrogens with two attached hydrogens (primary N) is 2. The molecule has 0 radical (unpaired) electrons. The summed E-state index contributed by atoms with van der Waals surface area (Å²) in [7, 11) is 0. The van der Waals surface area contributed by atoms with Gasteiger partial charge in [0, 0.05) is 11.0 Å². The SMILES string of the molecule is Cc1cc(C)cc(C(C)(C)/C=C/c2c(C)nc(N)nc2N)c1. The normalized spacial score (nSPS) is 12.0. The van der Waals surface area contributed by atoms with Crippen LogP contribution in [0.4, 0.5) is 11.8 Å². The summed E-state index contributed by atoms with van der Waals surface area (Å²) in [6.07, 6.45) is 4.13. The van der Waals surface area contributed by atoms with Gasteiger partial charge >= 0.3 is 0 Å². The van der Waals surface area contributed by atoms with Crippen LogP contribution in [0, 0.1) is 20.8 Å². The van der Waals surface area contributed by atoms with Crippen molar-refractivity contribution in [3.8, 4) is 0 Å². The second-order valence-corrected chi connectivity index (χ2v) is 6.40. The van der Waals surface area contributed by atoms with Crippen LogP contribution in [-0.2, 0) is 5.41 Å². The molecule has 0 spiro atoms. The first kappa shape index (κ1) is 16.0. The first-order chi connectivity index (χ1) is 10.2. The molecule has 0 aliphatic heterocycles. The van der Waals surface area contributed by atoms with Gasteiger partial charge in [-0.3, -0.25) is 0 Å². The standard InChI is InChI=1S/C18H24N4/c1-11-8-12(2)10-14(9-11)18(4,5)7-6-15-13(3)21-17(20)22-16(15)19/h6-10H,1-5H3,(H4,19,20,21,22)/b7-6+. The van der Waals surface area contributed by atoms with Crippen molar-refractivity contribution in [1.82, 2.24) is 9.97 Å². The smallest absolute Gasteiger partial charge is 0.222 e. The number of hydrogen-bond acceptors (Lipinski definition) is 4. The third kappa shape index (κ3) is 3.45. The summed E-state index contributed by atoms with van der Waals surface area (Å²) < 4.78 is 0. The maximum absolute atomic E-state index is 5.96. The molecule has 0 aliphatic rings. The molecule has 0 bridgehead atoms. The number of nitrogen functional groups attached to an aromatic ring is 2. The summed E-state index contributed by atoms with van der Waals surface area (Å²) in [5, 5.41) is 0. The van der Waals surface area contributed by atoms with Crippen molar-refractivity contribution in [2.75, 3.05) is 11.5 Å². The summed E-state index contributed by atoms with van der Waals surface area (Å²) in [6.45, 7) is 10.5. The van der Waals surface area contributed by atoms with E-state index in [1.807, 2.05) is 13.0 Å². The van der Waals surface area contributed by atoms with Gasteiger partial charge in [0.2, 0.25) is 5.95 Å². The number of allylic oxidation sites excluding steroid dienone is 1. The minimum absolute atomic E-state index is 0.114. The molecule has 0 aliphatic carbocycles. The quantitative estimate of drug-likeness (QED) is 0.907. The van der Waals surface area contributed by atoms with E-state index < -0.39 is 0 Å². The van der Waals surface area contributed by atoms with Crippen molar-refractivity contribution in [2.24, 2.45) is 0 Å². The predicted molar refractivity (Wildman–Crippen MR) is 93.6 cm³/mol. The summed E-state index contributed by atoms with van der Waals surface area (Å²) in [5.41, 5.74) is 16.9. The monoisotopic (exact) mass is 296 g/mol. The van der Waals surface area contributed by atoms with Crippen LogP contribution in [0.25, 0.3) is 6.08 Å². The largest absolute Gasteiger partial charge is 0.383 e. The molecule has 1 heterocycles. The fraction of sp³-hybridized carbons (Fsp3) is 0.333. The van der Waals surface area contributed by atoms with Gasteiger partial charge in [-0.25, -0.2) is 4.98 Å². The van der Waals surface area contributed by atoms with Gasteiger partial charge in [-0.15, -0.1) is 0 Å². The Bertz CT molecular complexity index is 687. The van der Waals surface area contributed by atoms with Crippen molar-refractivity contribution in [3.05, 3.63) is 52.2 Å². The molecule has 0 unspecified atom stereocenters. The molecule has 4 nitrogen and oxygen atoms in total. The van der Waals surface area contributed by atoms with Crippen LogP contribution in [0.2, 0.25) is 0 Å². The molecule has 0 amide bonds. The number of aromatic nitrogens is 2. The van der Waals surface area contributed by atoms with Crippen LogP contribution in [0.5, 0.6) is 0 Å². The van der Waals surface area contributed by atoms with E-state index in [1.54, 1.807) is 0 Å². The summed E-state index contributed by atoms with van der Waals surface area (Å²) >= 11 is 0. The van der Waals surface area contributed by atoms with Crippen molar-refractivity contribution in [3.63, 3.8) is 0 Å². The second-order valence-electron chi connectivity index (χ2n) is 6.40. The lowest BCUT2D eigenvalue weighted by atomic mass is 9.82. The fourth-order valence-electron chi connectivity index (χ4n) is 2.57. The second kappa shape index (κ2) is 5.79. The highest BCUT2D eigenvalue weighted by Crippen LogP contribution is 2.28. The van der Waals surface area contributed by atoms with E-state index in [1.165, 1.54) is 16.7 Å². The van der Waals surface area contributed by atoms with Crippen molar-refractivity contribution >= 4 is 17.8 Å². The van der Waals surface area contributed by atoms with E-state index in [4.69, 9.17) is 11.5 Å². The van der Waals surface area contributed by atoms with Crippen molar-refractivity contribution < 1.29 is 0 Å². The highest BCUT2D eigenvalue weighted by atomic mass is 15.0. The van der Waals surface area contributed by atoms with E-state index in [0.29, 0.717) is 5.82 Å². The van der Waals surface area contributed by atoms with Gasteiger partial charge in [-0.05, 0) is 26.3 Å². The average molecular weight is 296 g/mol. The zero-order valence-electron chi connectivity index (χ0n) is 13.9. The van der Waals surface area contributed by atoms with Crippen LogP contribution in [0.1, 0.15) is 41.8 Å². The molecule has 22 heavy (non-hydrogen) atoms. The van der Waals surface area contributed by atoms with Gasteiger partial charge in [0.1, 0.15) is 5.82 Å². The molecule has 0 saturated heterocycles. The van der Waals surface area contributed by atoms with Crippen LogP contribution < -0.4 is 11.5 Å². The maximum Gasteiger partial charge on any atom is 0.222 e. The molecule has 0 fully saturated rings. The lowest BCUT2D eigenvalue weighted by molar-refractivity contribution is 0.671. The Balaban J connectivity index is 2.40. The Morgan fingerprint density at radius 2 is 1.55 bits per heavy atom. The van der Waals surface area contributed by atoms with Gasteiger partial charge in [-0.1, -0.05) is 55.3 Å². The number of hydrogen-bond donors (Lipinski definition) is 2. The molecule has 2 aromatic rings. The first-order valence-corrected chi connectivity index (χ1v) is 7.36. The Hall–Kier alpha value is -2.36. The highest BCUT2D eigenvalue weighted by molar-refractivity contribution is 5.65. The number of anilines is 2. The van der Waals surface area contributed by atoms with Gasteiger partial charge < -0.3 is 11.5 Å². The van der Waals surface area contributed by atoms with Crippen LogP contribution >= 0.6 is 0 Å². The van der Waals surface area contributed by atoms with E-state index in [0.717, 1.165) is 11.3 Å². The van der Waals surface area contributed by atoms with Gasteiger partial charge in [-0.2, -0.15) is 4.98 Å². The highest BCUT2D eigenvalue weighted by Gasteiger charge is 2.18. The molecule has 116 valence electrons. The number of benzene rings is 1. The Labute approximate surface area is 132 Å². The zero-order chi connectivity index (χ0) is 16.5. The summed E-state index contributed by atoms with van der Waals surface area (Å²) in [4.78, 5) is 8.20. The topological polar surface area (TPSA) is 77.8 Å². The number of nitrogens with zero attached hydrogens (tertiary/aromatic N) is 2. The van der Waals surface area contributed by atoms with Crippen LogP contribution in [0.15, 0.2) is 24.3 Å². The third-order valence-electron chi connectivity index (χ3n) is 3.82. The molecule has 1 aromatic heterocycles. The fourth-order valence-corrected chi connectivity index (χ4v) is 2.57. The molecule has 4 heteroatoms. The average Bonchev–Trinajstić information content (AvgIpc) is 2.36. The van der Waals surface area contributed by atoms with E-state index in [2.05, 4.69) is 61.9 Å². The van der Waals surface area contributed by atoms with Crippen molar-refractivity contribution in [1.29, 1.82) is 0 Å². The molecule has 2 rings (SSSR count). The Morgan fingerprint density at radius 1 is 0.955 bits per heavy atom. The lowest BCUT2D eigenvalue weighted by Gasteiger charge is -2.22. The third-order valence-corrected chi connectivity index (χ3v) is 3.82.